The monoisotopic (exact) mass is 243 g/mol. The first-order chi connectivity index (χ1) is 8.78. The molecule has 0 aliphatic carbocycles. The van der Waals surface area contributed by atoms with Gasteiger partial charge in [-0.15, -0.1) is 0 Å². The Hall–Kier alpha value is -2.03. The maximum absolute atomic E-state index is 13.7. The lowest BCUT2D eigenvalue weighted by atomic mass is 10.0. The maximum Gasteiger partial charge on any atom is 0.165 e. The average molecular weight is 243 g/mol. The van der Waals surface area contributed by atoms with Crippen molar-refractivity contribution < 1.29 is 9.13 Å². The molecule has 0 atom stereocenters. The van der Waals surface area contributed by atoms with Gasteiger partial charge in [0.1, 0.15) is 0 Å². The number of methoxy groups -OCH3 is 1. The number of hydrogen-bond donors (Lipinski definition) is 1. The van der Waals surface area contributed by atoms with Crippen molar-refractivity contribution in [1.29, 1.82) is 0 Å². The number of anilines is 1. The molecule has 0 amide bonds. The molecule has 0 saturated carbocycles. The lowest BCUT2D eigenvalue weighted by Crippen LogP contribution is -1.90. The molecule has 2 aromatic carbocycles. The molecule has 0 fully saturated rings. The van der Waals surface area contributed by atoms with Gasteiger partial charge in [0.25, 0.3) is 0 Å². The Morgan fingerprint density at radius 1 is 1.11 bits per heavy atom. The first kappa shape index (κ1) is 11.1. The number of rotatable bonds is 2. The van der Waals surface area contributed by atoms with Gasteiger partial charge in [0.2, 0.25) is 0 Å². The Kier molecular flexibility index (Phi) is 2.67. The third kappa shape index (κ3) is 1.82. The third-order valence-corrected chi connectivity index (χ3v) is 3.30. The van der Waals surface area contributed by atoms with E-state index < -0.39 is 0 Å². The molecule has 1 heterocycles. The Morgan fingerprint density at radius 3 is 2.67 bits per heavy atom. The number of halogens is 1. The highest BCUT2D eigenvalue weighted by molar-refractivity contribution is 5.70. The smallest absolute Gasteiger partial charge is 0.165 e. The summed E-state index contributed by atoms with van der Waals surface area (Å²) in [7, 11) is 1.47. The van der Waals surface area contributed by atoms with E-state index in [2.05, 4.69) is 17.4 Å². The lowest BCUT2D eigenvalue weighted by molar-refractivity contribution is 0.386. The molecule has 3 heteroatoms. The normalized spacial score (nSPS) is 13.0. The Morgan fingerprint density at radius 2 is 1.89 bits per heavy atom. The second-order valence-corrected chi connectivity index (χ2v) is 4.40. The second-order valence-electron chi connectivity index (χ2n) is 4.40. The van der Waals surface area contributed by atoms with Gasteiger partial charge in [0, 0.05) is 12.2 Å². The van der Waals surface area contributed by atoms with Crippen molar-refractivity contribution in [2.75, 3.05) is 19.0 Å². The number of ether oxygens (including phenoxy) is 1. The van der Waals surface area contributed by atoms with Crippen molar-refractivity contribution in [3.05, 3.63) is 47.8 Å². The molecule has 0 unspecified atom stereocenters. The van der Waals surface area contributed by atoms with E-state index in [-0.39, 0.29) is 11.6 Å². The Bertz CT molecular complexity index is 595. The standard InChI is InChI=1S/C15H14FNO/c1-18-15-5-3-11(9-13(15)16)10-2-4-14-12(8-10)6-7-17-14/h2-5,8-9,17H,6-7H2,1H3. The fourth-order valence-electron chi connectivity index (χ4n) is 2.33. The zero-order valence-electron chi connectivity index (χ0n) is 10.2. The van der Waals surface area contributed by atoms with Gasteiger partial charge in [-0.2, -0.15) is 0 Å². The number of fused-ring (bicyclic) bond motifs is 1. The molecule has 3 rings (SSSR count). The molecule has 1 aliphatic rings. The van der Waals surface area contributed by atoms with Gasteiger partial charge in [0.05, 0.1) is 7.11 Å². The molecular weight excluding hydrogens is 229 g/mol. The molecule has 0 spiro atoms. The van der Waals surface area contributed by atoms with Gasteiger partial charge in [-0.05, 0) is 47.4 Å². The van der Waals surface area contributed by atoms with Crippen molar-refractivity contribution >= 4 is 5.69 Å². The van der Waals surface area contributed by atoms with Gasteiger partial charge >= 0.3 is 0 Å². The highest BCUT2D eigenvalue weighted by atomic mass is 19.1. The molecule has 1 N–H and O–H groups in total. The zero-order chi connectivity index (χ0) is 12.5. The van der Waals surface area contributed by atoms with E-state index in [0.717, 1.165) is 24.1 Å². The SMILES string of the molecule is COc1ccc(-c2ccc3c(c2)CCN3)cc1F. The van der Waals surface area contributed by atoms with Crippen LogP contribution in [0.15, 0.2) is 36.4 Å². The summed E-state index contributed by atoms with van der Waals surface area (Å²) in [4.78, 5) is 0. The van der Waals surface area contributed by atoms with E-state index >= 15 is 0 Å². The van der Waals surface area contributed by atoms with E-state index in [4.69, 9.17) is 4.74 Å². The van der Waals surface area contributed by atoms with Gasteiger partial charge in [0.15, 0.2) is 11.6 Å². The van der Waals surface area contributed by atoms with E-state index in [0.29, 0.717) is 0 Å². The molecule has 0 radical (unpaired) electrons. The number of hydrogen-bond acceptors (Lipinski definition) is 2. The number of nitrogens with one attached hydrogen (secondary N) is 1. The van der Waals surface area contributed by atoms with Crippen LogP contribution in [0.5, 0.6) is 5.75 Å². The topological polar surface area (TPSA) is 21.3 Å². The van der Waals surface area contributed by atoms with Crippen molar-refractivity contribution in [1.82, 2.24) is 0 Å². The predicted molar refractivity (Wildman–Crippen MR) is 70.6 cm³/mol. The predicted octanol–water partition coefficient (Wildman–Crippen LogP) is 3.47. The molecule has 18 heavy (non-hydrogen) atoms. The van der Waals surface area contributed by atoms with Gasteiger partial charge in [-0.3, -0.25) is 0 Å². The van der Waals surface area contributed by atoms with Crippen LogP contribution in [0.25, 0.3) is 11.1 Å². The van der Waals surface area contributed by atoms with E-state index in [1.807, 2.05) is 12.1 Å². The summed E-state index contributed by atoms with van der Waals surface area (Å²) >= 11 is 0. The Labute approximate surface area is 105 Å². The van der Waals surface area contributed by atoms with Crippen LogP contribution in [0.3, 0.4) is 0 Å². The van der Waals surface area contributed by atoms with Crippen molar-refractivity contribution in [3.63, 3.8) is 0 Å². The van der Waals surface area contributed by atoms with E-state index in [9.17, 15) is 4.39 Å². The van der Waals surface area contributed by atoms with Gasteiger partial charge in [-0.1, -0.05) is 12.1 Å². The summed E-state index contributed by atoms with van der Waals surface area (Å²) in [6.45, 7) is 0.982. The van der Waals surface area contributed by atoms with Crippen LogP contribution < -0.4 is 10.1 Å². The summed E-state index contributed by atoms with van der Waals surface area (Å²) in [6, 6.07) is 11.2. The number of benzene rings is 2. The molecule has 0 saturated heterocycles. The minimum atomic E-state index is -0.325. The minimum absolute atomic E-state index is 0.279. The summed E-state index contributed by atoms with van der Waals surface area (Å²) in [5.41, 5.74) is 4.40. The quantitative estimate of drug-likeness (QED) is 0.872. The molecule has 0 aromatic heterocycles. The first-order valence-corrected chi connectivity index (χ1v) is 5.98. The van der Waals surface area contributed by atoms with Crippen LogP contribution in [-0.4, -0.2) is 13.7 Å². The minimum Gasteiger partial charge on any atom is -0.494 e. The summed E-state index contributed by atoms with van der Waals surface area (Å²) in [6.07, 6.45) is 1.03. The van der Waals surface area contributed by atoms with Crippen molar-refractivity contribution in [2.24, 2.45) is 0 Å². The van der Waals surface area contributed by atoms with Crippen LogP contribution in [0.4, 0.5) is 10.1 Å². The van der Waals surface area contributed by atoms with Crippen LogP contribution in [0.1, 0.15) is 5.56 Å². The lowest BCUT2D eigenvalue weighted by Gasteiger charge is -2.07. The van der Waals surface area contributed by atoms with Crippen LogP contribution >= 0.6 is 0 Å². The van der Waals surface area contributed by atoms with Crippen LogP contribution in [0.2, 0.25) is 0 Å². The zero-order valence-corrected chi connectivity index (χ0v) is 10.2. The van der Waals surface area contributed by atoms with Crippen molar-refractivity contribution in [3.8, 4) is 16.9 Å². The van der Waals surface area contributed by atoms with Gasteiger partial charge < -0.3 is 10.1 Å². The molecule has 92 valence electrons. The highest BCUT2D eigenvalue weighted by Crippen LogP contribution is 2.30. The second kappa shape index (κ2) is 4.33. The Balaban J connectivity index is 2.02. The molecule has 2 nitrogen and oxygen atoms in total. The van der Waals surface area contributed by atoms with Crippen LogP contribution in [-0.2, 0) is 6.42 Å². The maximum atomic E-state index is 13.7. The molecule has 1 aliphatic heterocycles. The summed E-state index contributed by atoms with van der Waals surface area (Å²) in [5, 5.41) is 3.31. The third-order valence-electron chi connectivity index (χ3n) is 3.30. The fraction of sp³-hybridized carbons (Fsp3) is 0.200. The van der Waals surface area contributed by atoms with Crippen molar-refractivity contribution in [2.45, 2.75) is 6.42 Å². The highest BCUT2D eigenvalue weighted by Gasteiger charge is 2.11. The molecule has 2 aromatic rings. The summed E-state index contributed by atoms with van der Waals surface area (Å²) < 4.78 is 18.6. The average Bonchev–Trinajstić information content (AvgIpc) is 2.85. The fourth-order valence-corrected chi connectivity index (χ4v) is 2.33. The van der Waals surface area contributed by atoms with Gasteiger partial charge in [-0.25, -0.2) is 4.39 Å². The summed E-state index contributed by atoms with van der Waals surface area (Å²) in [5.74, 6) is -0.0461. The van der Waals surface area contributed by atoms with E-state index in [1.165, 1.54) is 24.4 Å². The van der Waals surface area contributed by atoms with E-state index in [1.54, 1.807) is 6.07 Å². The molecular formula is C15H14FNO. The van der Waals surface area contributed by atoms with Crippen LogP contribution in [0, 0.1) is 5.82 Å². The largest absolute Gasteiger partial charge is 0.494 e. The molecule has 0 bridgehead atoms. The first-order valence-electron chi connectivity index (χ1n) is 5.98.